The number of hydrogen-bond donors (Lipinski definition) is 1. The van der Waals surface area contributed by atoms with E-state index in [9.17, 15) is 9.59 Å². The first kappa shape index (κ1) is 20.5. The van der Waals surface area contributed by atoms with Gasteiger partial charge in [-0.1, -0.05) is 18.2 Å². The van der Waals surface area contributed by atoms with Gasteiger partial charge in [0.2, 0.25) is 5.91 Å². The molecule has 0 unspecified atom stereocenters. The van der Waals surface area contributed by atoms with Crippen LogP contribution in [0.1, 0.15) is 48.9 Å². The fourth-order valence-electron chi connectivity index (χ4n) is 5.68. The zero-order valence-corrected chi connectivity index (χ0v) is 18.3. The summed E-state index contributed by atoms with van der Waals surface area (Å²) in [5.41, 5.74) is 4.51. The molecule has 1 aromatic carbocycles. The molecule has 0 aliphatic carbocycles. The van der Waals surface area contributed by atoms with E-state index in [4.69, 9.17) is 0 Å². The number of piperidine rings is 1. The summed E-state index contributed by atoms with van der Waals surface area (Å²) >= 11 is 0. The average Bonchev–Trinajstić information content (AvgIpc) is 3.25. The second kappa shape index (κ2) is 8.60. The summed E-state index contributed by atoms with van der Waals surface area (Å²) in [7, 11) is 0. The minimum atomic E-state index is -0.0471. The van der Waals surface area contributed by atoms with Crippen LogP contribution >= 0.6 is 0 Å². The molecule has 6 nitrogen and oxygen atoms in total. The molecule has 164 valence electrons. The van der Waals surface area contributed by atoms with Gasteiger partial charge in [-0.25, -0.2) is 0 Å². The molecular formula is C25H32N4O2. The number of likely N-dealkylation sites (tertiary alicyclic amines) is 2. The Balaban J connectivity index is 1.28. The minimum absolute atomic E-state index is 0.0471. The van der Waals surface area contributed by atoms with Crippen LogP contribution in [0.15, 0.2) is 41.2 Å². The van der Waals surface area contributed by atoms with Crippen LogP contribution in [0.25, 0.3) is 0 Å². The summed E-state index contributed by atoms with van der Waals surface area (Å²) < 4.78 is 2.09. The molecule has 3 aliphatic rings. The van der Waals surface area contributed by atoms with Crippen LogP contribution in [-0.4, -0.2) is 46.5 Å². The molecule has 2 fully saturated rings. The van der Waals surface area contributed by atoms with Crippen molar-refractivity contribution in [3.8, 4) is 0 Å². The topological polar surface area (TPSA) is 57.6 Å². The number of amides is 1. The maximum atomic E-state index is 13.2. The number of aromatic nitrogens is 1. The SMILES string of the molecule is CC(=O)Nc1ccc(CN2C[C@@H]3C[C@H](C2)c2ccc(CN4CCCC4)c(=O)n2C3)cc1. The Kier molecular flexibility index (Phi) is 5.67. The Morgan fingerprint density at radius 2 is 1.74 bits per heavy atom. The van der Waals surface area contributed by atoms with E-state index in [-0.39, 0.29) is 11.5 Å². The van der Waals surface area contributed by atoms with E-state index >= 15 is 0 Å². The molecule has 2 aromatic rings. The Hall–Kier alpha value is -2.44. The monoisotopic (exact) mass is 420 g/mol. The first-order valence-electron chi connectivity index (χ1n) is 11.6. The van der Waals surface area contributed by atoms with Crippen molar-refractivity contribution in [1.29, 1.82) is 0 Å². The van der Waals surface area contributed by atoms with Gasteiger partial charge in [-0.15, -0.1) is 0 Å². The van der Waals surface area contributed by atoms with Crippen LogP contribution in [0.5, 0.6) is 0 Å². The standard InChI is InChI=1S/C25H32N4O2/c1-18(30)26-23-7-4-19(5-8-23)13-28-14-20-12-22(17-28)24-9-6-21(25(31)29(24)15-20)16-27-10-2-3-11-27/h4-9,20,22H,2-3,10-17H2,1H3,(H,26,30)/t20-,22+/m0/s1. The number of carbonyl (C=O) groups is 1. The number of carbonyl (C=O) groups excluding carboxylic acids is 1. The molecule has 31 heavy (non-hydrogen) atoms. The third-order valence-corrected chi connectivity index (χ3v) is 7.03. The summed E-state index contributed by atoms with van der Waals surface area (Å²) in [6, 6.07) is 12.4. The number of fused-ring (bicyclic) bond motifs is 4. The van der Waals surface area contributed by atoms with E-state index in [2.05, 4.69) is 43.9 Å². The number of benzene rings is 1. The lowest BCUT2D eigenvalue weighted by Gasteiger charge is -2.43. The molecule has 2 atom stereocenters. The van der Waals surface area contributed by atoms with E-state index in [1.54, 1.807) is 0 Å². The normalized spacial score (nSPS) is 23.5. The van der Waals surface area contributed by atoms with Crippen molar-refractivity contribution in [2.45, 2.75) is 51.7 Å². The summed E-state index contributed by atoms with van der Waals surface area (Å²) in [4.78, 5) is 29.4. The molecule has 3 aliphatic heterocycles. The Bertz CT molecular complexity index is 1010. The number of hydrogen-bond acceptors (Lipinski definition) is 4. The van der Waals surface area contributed by atoms with Crippen LogP contribution in [-0.2, 0) is 24.4 Å². The summed E-state index contributed by atoms with van der Waals surface area (Å²) in [6.07, 6.45) is 3.69. The van der Waals surface area contributed by atoms with E-state index in [0.717, 1.165) is 57.1 Å². The van der Waals surface area contributed by atoms with E-state index in [0.29, 0.717) is 11.8 Å². The van der Waals surface area contributed by atoms with Gasteiger partial charge >= 0.3 is 0 Å². The molecule has 1 aromatic heterocycles. The maximum Gasteiger partial charge on any atom is 0.255 e. The van der Waals surface area contributed by atoms with E-state index < -0.39 is 0 Å². The van der Waals surface area contributed by atoms with Gasteiger partial charge in [0.05, 0.1) is 0 Å². The molecule has 0 saturated carbocycles. The van der Waals surface area contributed by atoms with Crippen molar-refractivity contribution in [3.05, 3.63) is 63.6 Å². The molecule has 1 amide bonds. The van der Waals surface area contributed by atoms with Gasteiger partial charge in [0.15, 0.2) is 0 Å². The zero-order chi connectivity index (χ0) is 21.4. The number of nitrogens with zero attached hydrogens (tertiary/aromatic N) is 3. The van der Waals surface area contributed by atoms with Gasteiger partial charge < -0.3 is 9.88 Å². The molecule has 5 rings (SSSR count). The largest absolute Gasteiger partial charge is 0.326 e. The lowest BCUT2D eigenvalue weighted by atomic mass is 9.82. The summed E-state index contributed by atoms with van der Waals surface area (Å²) in [5.74, 6) is 0.915. The molecule has 0 spiro atoms. The number of rotatable bonds is 5. The number of anilines is 1. The van der Waals surface area contributed by atoms with Crippen LogP contribution in [0.2, 0.25) is 0 Å². The summed E-state index contributed by atoms with van der Waals surface area (Å²) in [5, 5.41) is 2.82. The lowest BCUT2D eigenvalue weighted by Crippen LogP contribution is -2.47. The van der Waals surface area contributed by atoms with Gasteiger partial charge in [-0.05, 0) is 62.0 Å². The predicted octanol–water partition coefficient (Wildman–Crippen LogP) is 3.02. The quantitative estimate of drug-likeness (QED) is 0.808. The highest BCUT2D eigenvalue weighted by Gasteiger charge is 2.35. The molecule has 6 heteroatoms. The van der Waals surface area contributed by atoms with Gasteiger partial charge in [0.25, 0.3) is 5.56 Å². The Labute approximate surface area is 183 Å². The second-order valence-electron chi connectivity index (χ2n) is 9.55. The van der Waals surface area contributed by atoms with Crippen molar-refractivity contribution in [3.63, 3.8) is 0 Å². The average molecular weight is 421 g/mol. The molecule has 2 bridgehead atoms. The summed E-state index contributed by atoms with van der Waals surface area (Å²) in [6.45, 7) is 8.34. The first-order chi connectivity index (χ1) is 15.0. The number of nitrogens with one attached hydrogen (secondary N) is 1. The zero-order valence-electron chi connectivity index (χ0n) is 18.3. The van der Waals surface area contributed by atoms with Crippen molar-refractivity contribution in [1.82, 2.24) is 14.4 Å². The third-order valence-electron chi connectivity index (χ3n) is 7.03. The fraction of sp³-hybridized carbons (Fsp3) is 0.520. The van der Waals surface area contributed by atoms with E-state index in [1.807, 2.05) is 12.1 Å². The number of pyridine rings is 1. The molecule has 0 radical (unpaired) electrons. The minimum Gasteiger partial charge on any atom is -0.326 e. The van der Waals surface area contributed by atoms with Crippen LogP contribution in [0.4, 0.5) is 5.69 Å². The lowest BCUT2D eigenvalue weighted by molar-refractivity contribution is -0.114. The third kappa shape index (κ3) is 4.46. The molecule has 2 saturated heterocycles. The highest BCUT2D eigenvalue weighted by atomic mass is 16.1. The van der Waals surface area contributed by atoms with Gasteiger partial charge in [-0.3, -0.25) is 19.4 Å². The van der Waals surface area contributed by atoms with E-state index in [1.165, 1.54) is 37.4 Å². The van der Waals surface area contributed by atoms with Crippen LogP contribution < -0.4 is 10.9 Å². The highest BCUT2D eigenvalue weighted by Crippen LogP contribution is 2.35. The van der Waals surface area contributed by atoms with Crippen LogP contribution in [0.3, 0.4) is 0 Å². The Morgan fingerprint density at radius 3 is 2.48 bits per heavy atom. The van der Waals surface area contributed by atoms with Gasteiger partial charge in [-0.2, -0.15) is 0 Å². The van der Waals surface area contributed by atoms with Crippen molar-refractivity contribution >= 4 is 11.6 Å². The molecule has 1 N–H and O–H groups in total. The van der Waals surface area contributed by atoms with Gasteiger partial charge in [0.1, 0.15) is 0 Å². The fourth-order valence-corrected chi connectivity index (χ4v) is 5.68. The van der Waals surface area contributed by atoms with Crippen molar-refractivity contribution in [2.24, 2.45) is 5.92 Å². The smallest absolute Gasteiger partial charge is 0.255 e. The molecular weight excluding hydrogens is 388 g/mol. The second-order valence-corrected chi connectivity index (χ2v) is 9.55. The Morgan fingerprint density at radius 1 is 0.968 bits per heavy atom. The highest BCUT2D eigenvalue weighted by molar-refractivity contribution is 5.88. The first-order valence-corrected chi connectivity index (χ1v) is 11.6. The van der Waals surface area contributed by atoms with Crippen molar-refractivity contribution in [2.75, 3.05) is 31.5 Å². The van der Waals surface area contributed by atoms with Crippen LogP contribution in [0, 0.1) is 5.92 Å². The predicted molar refractivity (Wildman–Crippen MR) is 122 cm³/mol. The van der Waals surface area contributed by atoms with Crippen molar-refractivity contribution < 1.29 is 4.79 Å². The maximum absolute atomic E-state index is 13.2. The molecule has 4 heterocycles. The van der Waals surface area contributed by atoms with Gasteiger partial charge in [0, 0.05) is 62.5 Å².